The van der Waals surface area contributed by atoms with Gasteiger partial charge in [0.2, 0.25) is 0 Å². The summed E-state index contributed by atoms with van der Waals surface area (Å²) < 4.78 is 10.7. The summed E-state index contributed by atoms with van der Waals surface area (Å²) in [5, 5.41) is 10.6. The quantitative estimate of drug-likeness (QED) is 0.783. The van der Waals surface area contributed by atoms with Crippen LogP contribution >= 0.6 is 11.6 Å². The van der Waals surface area contributed by atoms with Crippen molar-refractivity contribution >= 4 is 17.9 Å². The van der Waals surface area contributed by atoms with Crippen LogP contribution in [0.2, 0.25) is 5.02 Å². The largest absolute Gasteiger partial charge is 0.493 e. The van der Waals surface area contributed by atoms with Crippen molar-refractivity contribution in [2.75, 3.05) is 13.7 Å². The van der Waals surface area contributed by atoms with Gasteiger partial charge in [0.05, 0.1) is 18.3 Å². The van der Waals surface area contributed by atoms with E-state index in [-0.39, 0.29) is 6.61 Å². The van der Waals surface area contributed by atoms with E-state index in [9.17, 15) is 9.90 Å². The molecule has 0 fully saturated rings. The number of hydrogen-bond acceptors (Lipinski definition) is 4. The van der Waals surface area contributed by atoms with Crippen molar-refractivity contribution in [1.82, 2.24) is 0 Å². The van der Waals surface area contributed by atoms with Gasteiger partial charge in [0, 0.05) is 11.1 Å². The van der Waals surface area contributed by atoms with Crippen LogP contribution in [0.1, 0.15) is 37.0 Å². The minimum atomic E-state index is -0.912. The molecule has 1 rings (SSSR count). The molecule has 0 aromatic heterocycles. The second kappa shape index (κ2) is 6.78. The monoisotopic (exact) mass is 286 g/mol. The lowest BCUT2D eigenvalue weighted by Gasteiger charge is -2.26. The van der Waals surface area contributed by atoms with Crippen molar-refractivity contribution in [3.63, 3.8) is 0 Å². The Morgan fingerprint density at radius 3 is 2.47 bits per heavy atom. The zero-order valence-electron chi connectivity index (χ0n) is 11.4. The van der Waals surface area contributed by atoms with Crippen molar-refractivity contribution in [2.24, 2.45) is 0 Å². The van der Waals surface area contributed by atoms with E-state index in [1.165, 1.54) is 13.2 Å². The van der Waals surface area contributed by atoms with E-state index in [0.29, 0.717) is 41.2 Å². The first-order chi connectivity index (χ1) is 8.99. The van der Waals surface area contributed by atoms with Crippen LogP contribution in [0.4, 0.5) is 0 Å². The highest BCUT2D eigenvalue weighted by atomic mass is 35.5. The van der Waals surface area contributed by atoms with Crippen LogP contribution in [-0.4, -0.2) is 30.7 Å². The number of aliphatic hydroxyl groups is 1. The van der Waals surface area contributed by atoms with E-state index >= 15 is 0 Å². The maximum Gasteiger partial charge on any atom is 0.171 e. The highest BCUT2D eigenvalue weighted by Crippen LogP contribution is 2.34. The van der Waals surface area contributed by atoms with Crippen LogP contribution < -0.4 is 9.47 Å². The van der Waals surface area contributed by atoms with Crippen molar-refractivity contribution in [3.05, 3.63) is 22.7 Å². The molecule has 0 heterocycles. The predicted molar refractivity (Wildman–Crippen MR) is 74.4 cm³/mol. The summed E-state index contributed by atoms with van der Waals surface area (Å²) in [7, 11) is 1.47. The van der Waals surface area contributed by atoms with Gasteiger partial charge in [-0.15, -0.1) is 0 Å². The fourth-order valence-corrected chi connectivity index (χ4v) is 1.86. The molecule has 106 valence electrons. The number of benzene rings is 1. The fraction of sp³-hybridized carbons (Fsp3) is 0.500. The van der Waals surface area contributed by atoms with Gasteiger partial charge in [0.15, 0.2) is 17.8 Å². The Kier molecular flexibility index (Phi) is 5.63. The molecule has 19 heavy (non-hydrogen) atoms. The number of methoxy groups -OCH3 is 1. The lowest BCUT2D eigenvalue weighted by molar-refractivity contribution is -0.0121. The van der Waals surface area contributed by atoms with Crippen molar-refractivity contribution in [3.8, 4) is 11.5 Å². The standard InChI is InChI=1S/C14H19ClO4/c1-4-14(17,5-2)9-19-13-10(8-16)6-11(15)7-12(13)18-3/h6-8,17H,4-5,9H2,1-3H3. The zero-order valence-corrected chi connectivity index (χ0v) is 12.2. The summed E-state index contributed by atoms with van der Waals surface area (Å²) in [6, 6.07) is 3.07. The molecular weight excluding hydrogens is 268 g/mol. The summed E-state index contributed by atoms with van der Waals surface area (Å²) in [5.41, 5.74) is -0.607. The summed E-state index contributed by atoms with van der Waals surface area (Å²) in [6.45, 7) is 3.86. The second-order valence-corrected chi connectivity index (χ2v) is 4.80. The first kappa shape index (κ1) is 15.8. The highest BCUT2D eigenvalue weighted by Gasteiger charge is 2.24. The van der Waals surface area contributed by atoms with Crippen LogP contribution in [0.25, 0.3) is 0 Å². The Morgan fingerprint density at radius 2 is 2.00 bits per heavy atom. The smallest absolute Gasteiger partial charge is 0.171 e. The molecule has 0 amide bonds. The van der Waals surface area contributed by atoms with Gasteiger partial charge >= 0.3 is 0 Å². The van der Waals surface area contributed by atoms with Crippen LogP contribution in [0.15, 0.2) is 12.1 Å². The number of halogens is 1. The predicted octanol–water partition coefficient (Wildman–Crippen LogP) is 3.09. The van der Waals surface area contributed by atoms with Crippen molar-refractivity contribution in [1.29, 1.82) is 0 Å². The van der Waals surface area contributed by atoms with Gasteiger partial charge in [-0.1, -0.05) is 25.4 Å². The van der Waals surface area contributed by atoms with Gasteiger partial charge in [0.1, 0.15) is 6.61 Å². The number of ether oxygens (including phenoxy) is 2. The molecule has 0 unspecified atom stereocenters. The molecule has 0 spiro atoms. The molecule has 0 radical (unpaired) electrons. The van der Waals surface area contributed by atoms with Gasteiger partial charge in [-0.05, 0) is 18.9 Å². The first-order valence-corrected chi connectivity index (χ1v) is 6.55. The van der Waals surface area contributed by atoms with Crippen LogP contribution in [0.3, 0.4) is 0 Å². The molecule has 0 aliphatic carbocycles. The Bertz CT molecular complexity index is 441. The minimum absolute atomic E-state index is 0.0961. The minimum Gasteiger partial charge on any atom is -0.493 e. The SMILES string of the molecule is CCC(O)(CC)COc1c(C=O)cc(Cl)cc1OC. The molecule has 4 nitrogen and oxygen atoms in total. The average molecular weight is 287 g/mol. The molecule has 0 aliphatic heterocycles. The number of hydrogen-bond donors (Lipinski definition) is 1. The van der Waals surface area contributed by atoms with Crippen LogP contribution in [0.5, 0.6) is 11.5 Å². The molecule has 1 aromatic carbocycles. The van der Waals surface area contributed by atoms with Gasteiger partial charge in [-0.3, -0.25) is 4.79 Å². The van der Waals surface area contributed by atoms with Crippen molar-refractivity contribution < 1.29 is 19.4 Å². The maximum atomic E-state index is 11.1. The van der Waals surface area contributed by atoms with Gasteiger partial charge in [-0.2, -0.15) is 0 Å². The molecule has 0 atom stereocenters. The molecule has 0 saturated heterocycles. The summed E-state index contributed by atoms with van der Waals surface area (Å²) in [6.07, 6.45) is 1.78. The summed E-state index contributed by atoms with van der Waals surface area (Å²) >= 11 is 5.88. The van der Waals surface area contributed by atoms with Gasteiger partial charge < -0.3 is 14.6 Å². The average Bonchev–Trinajstić information content (AvgIpc) is 2.44. The Balaban J connectivity index is 3.02. The Labute approximate surface area is 118 Å². The molecule has 1 N–H and O–H groups in total. The molecular formula is C14H19ClO4. The molecule has 0 aliphatic rings. The van der Waals surface area contributed by atoms with Crippen molar-refractivity contribution in [2.45, 2.75) is 32.3 Å². The highest BCUT2D eigenvalue weighted by molar-refractivity contribution is 6.31. The third-order valence-electron chi connectivity index (χ3n) is 3.20. The third kappa shape index (κ3) is 3.85. The van der Waals surface area contributed by atoms with E-state index in [0.717, 1.165) is 0 Å². The number of carbonyl (C=O) groups excluding carboxylic acids is 1. The van der Waals surface area contributed by atoms with E-state index < -0.39 is 5.60 Å². The van der Waals surface area contributed by atoms with Gasteiger partial charge in [-0.25, -0.2) is 0 Å². The first-order valence-electron chi connectivity index (χ1n) is 6.17. The molecule has 1 aromatic rings. The fourth-order valence-electron chi connectivity index (χ4n) is 1.64. The van der Waals surface area contributed by atoms with E-state index in [2.05, 4.69) is 0 Å². The third-order valence-corrected chi connectivity index (χ3v) is 3.41. The number of aldehydes is 1. The normalized spacial score (nSPS) is 11.2. The summed E-state index contributed by atoms with van der Waals surface area (Å²) in [4.78, 5) is 11.1. The van der Waals surface area contributed by atoms with Crippen LogP contribution in [-0.2, 0) is 0 Å². The van der Waals surface area contributed by atoms with E-state index in [1.807, 2.05) is 13.8 Å². The van der Waals surface area contributed by atoms with E-state index in [4.69, 9.17) is 21.1 Å². The van der Waals surface area contributed by atoms with Gasteiger partial charge in [0.25, 0.3) is 0 Å². The van der Waals surface area contributed by atoms with Crippen LogP contribution in [0, 0.1) is 0 Å². The lowest BCUT2D eigenvalue weighted by atomic mass is 9.99. The summed E-state index contributed by atoms with van der Waals surface area (Å²) in [5.74, 6) is 0.686. The number of rotatable bonds is 7. The van der Waals surface area contributed by atoms with E-state index in [1.54, 1.807) is 6.07 Å². The molecule has 0 saturated carbocycles. The topological polar surface area (TPSA) is 55.8 Å². The second-order valence-electron chi connectivity index (χ2n) is 4.36. The zero-order chi connectivity index (χ0) is 14.5. The Hall–Kier alpha value is -1.26. The molecule has 5 heteroatoms. The number of carbonyl (C=O) groups is 1. The maximum absolute atomic E-state index is 11.1. The lowest BCUT2D eigenvalue weighted by Crippen LogP contribution is -2.34. The Morgan fingerprint density at radius 1 is 1.37 bits per heavy atom. The molecule has 0 bridgehead atoms.